The van der Waals surface area contributed by atoms with Crippen LogP contribution in [0, 0.1) is 0 Å². The largest absolute Gasteiger partial charge is 0.494 e. The highest BCUT2D eigenvalue weighted by Crippen LogP contribution is 2.21. The third-order valence-electron chi connectivity index (χ3n) is 4.09. The Morgan fingerprint density at radius 3 is 2.17 bits per heavy atom. The number of ether oxygens (including phenoxy) is 2. The van der Waals surface area contributed by atoms with Crippen molar-refractivity contribution < 1.29 is 14.3 Å². The predicted octanol–water partition coefficient (Wildman–Crippen LogP) is 4.67. The van der Waals surface area contributed by atoms with E-state index < -0.39 is 0 Å². The van der Waals surface area contributed by atoms with Gasteiger partial charge in [0.25, 0.3) is 5.91 Å². The monoisotopic (exact) mass is 388 g/mol. The van der Waals surface area contributed by atoms with E-state index in [1.807, 2.05) is 78.9 Å². The second kappa shape index (κ2) is 10.7. The van der Waals surface area contributed by atoms with Crippen LogP contribution in [0.4, 0.5) is 0 Å². The zero-order chi connectivity index (χ0) is 20.3. The van der Waals surface area contributed by atoms with E-state index in [1.165, 1.54) is 0 Å². The van der Waals surface area contributed by atoms with Crippen molar-refractivity contribution in [3.8, 4) is 22.6 Å². The van der Waals surface area contributed by atoms with E-state index in [1.54, 1.807) is 6.21 Å². The Kier molecular flexibility index (Phi) is 7.41. The summed E-state index contributed by atoms with van der Waals surface area (Å²) in [6, 6.07) is 25.2. The van der Waals surface area contributed by atoms with Crippen molar-refractivity contribution in [2.45, 2.75) is 13.3 Å². The van der Waals surface area contributed by atoms with Gasteiger partial charge in [-0.05, 0) is 59.5 Å². The van der Waals surface area contributed by atoms with Crippen LogP contribution in [0.15, 0.2) is 84.0 Å². The Bertz CT molecular complexity index is 921. The Balaban J connectivity index is 1.43. The third kappa shape index (κ3) is 6.50. The van der Waals surface area contributed by atoms with Crippen LogP contribution in [0.5, 0.6) is 11.5 Å². The van der Waals surface area contributed by atoms with E-state index in [9.17, 15) is 4.79 Å². The van der Waals surface area contributed by atoms with Gasteiger partial charge in [-0.15, -0.1) is 0 Å². The van der Waals surface area contributed by atoms with Crippen LogP contribution < -0.4 is 14.9 Å². The zero-order valence-corrected chi connectivity index (χ0v) is 16.4. The van der Waals surface area contributed by atoms with Crippen LogP contribution in [0.2, 0.25) is 0 Å². The summed E-state index contributed by atoms with van der Waals surface area (Å²) >= 11 is 0. The molecule has 0 unspecified atom stereocenters. The first-order valence-corrected chi connectivity index (χ1v) is 9.57. The summed E-state index contributed by atoms with van der Waals surface area (Å²) in [7, 11) is 0. The fourth-order valence-electron chi connectivity index (χ4n) is 2.60. The molecule has 3 rings (SSSR count). The molecule has 0 aromatic heterocycles. The topological polar surface area (TPSA) is 59.9 Å². The number of nitrogens with one attached hydrogen (secondary N) is 1. The normalized spacial score (nSPS) is 10.7. The SMILES string of the molecule is CCCOc1ccc(/C=N/NC(=O)COc2ccc(-c3ccccc3)cc2)cc1. The molecular weight excluding hydrogens is 364 g/mol. The number of hydrogen-bond acceptors (Lipinski definition) is 4. The quantitative estimate of drug-likeness (QED) is 0.428. The van der Waals surface area contributed by atoms with Gasteiger partial charge in [-0.1, -0.05) is 49.4 Å². The van der Waals surface area contributed by atoms with Crippen molar-refractivity contribution >= 4 is 12.1 Å². The smallest absolute Gasteiger partial charge is 0.277 e. The summed E-state index contributed by atoms with van der Waals surface area (Å²) in [4.78, 5) is 11.9. The maximum atomic E-state index is 11.9. The first-order chi connectivity index (χ1) is 14.2. The van der Waals surface area contributed by atoms with Crippen LogP contribution in [-0.2, 0) is 4.79 Å². The van der Waals surface area contributed by atoms with Crippen LogP contribution in [0.25, 0.3) is 11.1 Å². The predicted molar refractivity (Wildman–Crippen MR) is 115 cm³/mol. The molecule has 0 saturated carbocycles. The lowest BCUT2D eigenvalue weighted by molar-refractivity contribution is -0.123. The molecule has 5 heteroatoms. The van der Waals surface area contributed by atoms with Crippen molar-refractivity contribution in [2.24, 2.45) is 5.10 Å². The van der Waals surface area contributed by atoms with E-state index in [-0.39, 0.29) is 12.5 Å². The minimum Gasteiger partial charge on any atom is -0.494 e. The summed E-state index contributed by atoms with van der Waals surface area (Å²) in [6.07, 6.45) is 2.55. The number of nitrogens with zero attached hydrogens (tertiary/aromatic N) is 1. The van der Waals surface area contributed by atoms with Crippen LogP contribution in [0.3, 0.4) is 0 Å². The molecule has 29 heavy (non-hydrogen) atoms. The van der Waals surface area contributed by atoms with Crippen LogP contribution in [0.1, 0.15) is 18.9 Å². The lowest BCUT2D eigenvalue weighted by Crippen LogP contribution is -2.24. The second-order valence-electron chi connectivity index (χ2n) is 6.39. The Labute approximate surface area is 171 Å². The lowest BCUT2D eigenvalue weighted by Gasteiger charge is -2.07. The van der Waals surface area contributed by atoms with Gasteiger partial charge in [0.1, 0.15) is 11.5 Å². The average molecular weight is 388 g/mol. The molecule has 0 heterocycles. The molecule has 5 nitrogen and oxygen atoms in total. The molecule has 3 aromatic rings. The highest BCUT2D eigenvalue weighted by atomic mass is 16.5. The van der Waals surface area contributed by atoms with Gasteiger partial charge in [0, 0.05) is 0 Å². The number of hydrazone groups is 1. The highest BCUT2D eigenvalue weighted by molar-refractivity contribution is 5.83. The minimum atomic E-state index is -0.323. The van der Waals surface area contributed by atoms with Gasteiger partial charge < -0.3 is 9.47 Å². The molecule has 3 aromatic carbocycles. The number of carbonyl (C=O) groups is 1. The van der Waals surface area contributed by atoms with Gasteiger partial charge in [-0.2, -0.15) is 5.10 Å². The van der Waals surface area contributed by atoms with Gasteiger partial charge in [0.05, 0.1) is 12.8 Å². The Hall–Kier alpha value is -3.60. The first-order valence-electron chi connectivity index (χ1n) is 9.57. The van der Waals surface area contributed by atoms with E-state index in [4.69, 9.17) is 9.47 Å². The van der Waals surface area contributed by atoms with Crippen LogP contribution >= 0.6 is 0 Å². The van der Waals surface area contributed by atoms with Crippen molar-refractivity contribution in [2.75, 3.05) is 13.2 Å². The number of benzene rings is 3. The molecule has 0 fully saturated rings. The Morgan fingerprint density at radius 1 is 0.862 bits per heavy atom. The maximum absolute atomic E-state index is 11.9. The molecule has 0 atom stereocenters. The molecule has 0 aliphatic rings. The summed E-state index contributed by atoms with van der Waals surface area (Å²) < 4.78 is 11.0. The van der Waals surface area contributed by atoms with Gasteiger partial charge >= 0.3 is 0 Å². The van der Waals surface area contributed by atoms with Crippen molar-refractivity contribution in [1.29, 1.82) is 0 Å². The standard InChI is InChI=1S/C24H24N2O3/c1-2-16-28-22-12-8-19(9-13-22)17-25-26-24(27)18-29-23-14-10-21(11-15-23)20-6-4-3-5-7-20/h3-15,17H,2,16,18H2,1H3,(H,26,27)/b25-17+. The molecule has 1 amide bonds. The molecule has 0 saturated heterocycles. The Morgan fingerprint density at radius 2 is 1.48 bits per heavy atom. The third-order valence-corrected chi connectivity index (χ3v) is 4.09. The van der Waals surface area contributed by atoms with Crippen molar-refractivity contribution in [1.82, 2.24) is 5.43 Å². The molecular formula is C24H24N2O3. The van der Waals surface area contributed by atoms with Crippen molar-refractivity contribution in [3.63, 3.8) is 0 Å². The second-order valence-corrected chi connectivity index (χ2v) is 6.39. The molecule has 0 bridgehead atoms. The first kappa shape index (κ1) is 20.1. The lowest BCUT2D eigenvalue weighted by atomic mass is 10.1. The molecule has 0 aliphatic carbocycles. The summed E-state index contributed by atoms with van der Waals surface area (Å²) in [5.41, 5.74) is 5.56. The summed E-state index contributed by atoms with van der Waals surface area (Å²) in [5.74, 6) is 1.13. The average Bonchev–Trinajstić information content (AvgIpc) is 2.78. The van der Waals surface area contributed by atoms with Crippen LogP contribution in [-0.4, -0.2) is 25.3 Å². The molecule has 0 aliphatic heterocycles. The van der Waals surface area contributed by atoms with E-state index in [0.29, 0.717) is 12.4 Å². The molecule has 0 radical (unpaired) electrons. The van der Waals surface area contributed by atoms with Gasteiger partial charge in [-0.25, -0.2) is 5.43 Å². The highest BCUT2D eigenvalue weighted by Gasteiger charge is 2.02. The van der Waals surface area contributed by atoms with Crippen molar-refractivity contribution in [3.05, 3.63) is 84.4 Å². The number of rotatable bonds is 9. The maximum Gasteiger partial charge on any atom is 0.277 e. The van der Waals surface area contributed by atoms with Gasteiger partial charge in [-0.3, -0.25) is 4.79 Å². The number of hydrogen-bond donors (Lipinski definition) is 1. The fourth-order valence-corrected chi connectivity index (χ4v) is 2.60. The van der Waals surface area contributed by atoms with Gasteiger partial charge in [0.2, 0.25) is 0 Å². The number of amides is 1. The summed E-state index contributed by atoms with van der Waals surface area (Å²) in [6.45, 7) is 2.65. The minimum absolute atomic E-state index is 0.105. The fraction of sp³-hybridized carbons (Fsp3) is 0.167. The van der Waals surface area contributed by atoms with E-state index >= 15 is 0 Å². The van der Waals surface area contributed by atoms with E-state index in [2.05, 4.69) is 17.5 Å². The summed E-state index contributed by atoms with van der Waals surface area (Å²) in [5, 5.41) is 3.95. The molecule has 148 valence electrons. The van der Waals surface area contributed by atoms with Gasteiger partial charge in [0.15, 0.2) is 6.61 Å². The number of carbonyl (C=O) groups excluding carboxylic acids is 1. The van der Waals surface area contributed by atoms with E-state index in [0.717, 1.165) is 28.9 Å². The molecule has 0 spiro atoms. The zero-order valence-electron chi connectivity index (χ0n) is 16.4. The molecule has 1 N–H and O–H groups in total.